The summed E-state index contributed by atoms with van der Waals surface area (Å²) in [5, 5.41) is 8.22. The van der Waals surface area contributed by atoms with Gasteiger partial charge in [-0.25, -0.2) is 4.79 Å². The summed E-state index contributed by atoms with van der Waals surface area (Å²) in [6, 6.07) is 8.98. The van der Waals surface area contributed by atoms with Crippen molar-refractivity contribution in [3.05, 3.63) is 45.6 Å². The molecule has 0 unspecified atom stereocenters. The number of carbonyl (C=O) groups is 1. The van der Waals surface area contributed by atoms with Crippen LogP contribution in [0.15, 0.2) is 35.7 Å². The van der Waals surface area contributed by atoms with Crippen molar-refractivity contribution in [2.24, 2.45) is 0 Å². The van der Waals surface area contributed by atoms with E-state index in [1.807, 2.05) is 25.5 Å². The highest BCUT2D eigenvalue weighted by atomic mass is 35.5. The van der Waals surface area contributed by atoms with Gasteiger partial charge in [0.2, 0.25) is 0 Å². The van der Waals surface area contributed by atoms with Crippen LogP contribution in [0.3, 0.4) is 0 Å². The van der Waals surface area contributed by atoms with E-state index in [4.69, 9.17) is 16.3 Å². The van der Waals surface area contributed by atoms with Crippen molar-refractivity contribution in [1.29, 1.82) is 0 Å². The Bertz CT molecular complexity index is 647. The summed E-state index contributed by atoms with van der Waals surface area (Å²) in [6.45, 7) is 0.502. The Labute approximate surface area is 145 Å². The van der Waals surface area contributed by atoms with E-state index in [0.29, 0.717) is 23.0 Å². The first-order valence-electron chi connectivity index (χ1n) is 7.09. The number of anilines is 1. The van der Waals surface area contributed by atoms with Crippen LogP contribution in [0.4, 0.5) is 10.5 Å². The van der Waals surface area contributed by atoms with Gasteiger partial charge in [-0.05, 0) is 43.7 Å². The zero-order chi connectivity index (χ0) is 16.8. The Hall–Kier alpha value is -1.76. The van der Waals surface area contributed by atoms with Crippen LogP contribution >= 0.6 is 22.9 Å². The van der Waals surface area contributed by atoms with Gasteiger partial charge in [0.25, 0.3) is 0 Å². The van der Waals surface area contributed by atoms with E-state index < -0.39 is 0 Å². The second kappa shape index (κ2) is 8.19. The van der Waals surface area contributed by atoms with Gasteiger partial charge >= 0.3 is 6.03 Å². The Balaban J connectivity index is 1.98. The number of carbonyl (C=O) groups excluding carboxylic acids is 1. The minimum atomic E-state index is -0.297. The van der Waals surface area contributed by atoms with Crippen molar-refractivity contribution < 1.29 is 9.53 Å². The number of amides is 2. The highest BCUT2D eigenvalue weighted by Gasteiger charge is 2.16. The number of thiophene rings is 1. The lowest BCUT2D eigenvalue weighted by molar-refractivity contribution is 0.244. The van der Waals surface area contributed by atoms with Gasteiger partial charge in [0.1, 0.15) is 5.75 Å². The Morgan fingerprint density at radius 1 is 1.39 bits per heavy atom. The molecule has 2 rings (SSSR count). The predicted octanol–water partition coefficient (Wildman–Crippen LogP) is 3.83. The molecule has 2 N–H and O–H groups in total. The number of rotatable bonds is 6. The molecule has 1 aromatic heterocycles. The number of ether oxygens (including phenoxy) is 1. The van der Waals surface area contributed by atoms with Crippen molar-refractivity contribution in [1.82, 2.24) is 10.2 Å². The highest BCUT2D eigenvalue weighted by Crippen LogP contribution is 2.27. The summed E-state index contributed by atoms with van der Waals surface area (Å²) in [5.41, 5.74) is 0.537. The molecule has 2 amide bonds. The first kappa shape index (κ1) is 17.6. The molecule has 1 heterocycles. The second-order valence-electron chi connectivity index (χ2n) is 5.17. The lowest BCUT2D eigenvalue weighted by atomic mass is 10.2. The molecule has 5 nitrogen and oxygen atoms in total. The van der Waals surface area contributed by atoms with Crippen LogP contribution in [0.5, 0.6) is 5.75 Å². The molecule has 0 aliphatic heterocycles. The Morgan fingerprint density at radius 3 is 2.78 bits per heavy atom. The largest absolute Gasteiger partial charge is 0.495 e. The maximum absolute atomic E-state index is 12.2. The van der Waals surface area contributed by atoms with Gasteiger partial charge in [-0.1, -0.05) is 17.7 Å². The molecule has 0 aliphatic rings. The number of hydrogen-bond donors (Lipinski definition) is 2. The average Bonchev–Trinajstić information content (AvgIpc) is 3.01. The molecule has 124 valence electrons. The van der Waals surface area contributed by atoms with E-state index in [1.165, 1.54) is 4.88 Å². The minimum Gasteiger partial charge on any atom is -0.495 e. The molecule has 0 saturated heterocycles. The molecule has 0 fully saturated rings. The fourth-order valence-electron chi connectivity index (χ4n) is 2.15. The van der Waals surface area contributed by atoms with Gasteiger partial charge < -0.3 is 20.3 Å². The zero-order valence-corrected chi connectivity index (χ0v) is 14.9. The van der Waals surface area contributed by atoms with Crippen molar-refractivity contribution >= 4 is 34.7 Å². The van der Waals surface area contributed by atoms with Crippen molar-refractivity contribution in [2.45, 2.75) is 6.04 Å². The summed E-state index contributed by atoms with van der Waals surface area (Å²) in [5.74, 6) is 0.562. The van der Waals surface area contributed by atoms with Crippen LogP contribution < -0.4 is 15.4 Å². The highest BCUT2D eigenvalue weighted by molar-refractivity contribution is 7.10. The Kier molecular flexibility index (Phi) is 6.27. The molecule has 0 aliphatic carbocycles. The maximum Gasteiger partial charge on any atom is 0.319 e. The molecular formula is C16H20ClN3O2S. The summed E-state index contributed by atoms with van der Waals surface area (Å²) in [6.07, 6.45) is 0. The van der Waals surface area contributed by atoms with E-state index in [-0.39, 0.29) is 12.1 Å². The van der Waals surface area contributed by atoms with Gasteiger partial charge in [-0.2, -0.15) is 0 Å². The minimum absolute atomic E-state index is 0.127. The number of likely N-dealkylation sites (N-methyl/N-ethyl adjacent to an activating group) is 1. The summed E-state index contributed by atoms with van der Waals surface area (Å²) in [7, 11) is 5.53. The van der Waals surface area contributed by atoms with Crippen LogP contribution in [0, 0.1) is 0 Å². The van der Waals surface area contributed by atoms with Gasteiger partial charge in [-0.3, -0.25) is 0 Å². The van der Waals surface area contributed by atoms with Gasteiger partial charge in [-0.15, -0.1) is 11.3 Å². The molecule has 1 atom stereocenters. The van der Waals surface area contributed by atoms with Crippen LogP contribution in [0.1, 0.15) is 10.9 Å². The maximum atomic E-state index is 12.2. The van der Waals surface area contributed by atoms with Crippen LogP contribution in [0.2, 0.25) is 5.02 Å². The first-order chi connectivity index (χ1) is 11.0. The van der Waals surface area contributed by atoms with Crippen LogP contribution in [0.25, 0.3) is 0 Å². The third kappa shape index (κ3) is 4.86. The predicted molar refractivity (Wildman–Crippen MR) is 95.8 cm³/mol. The monoisotopic (exact) mass is 353 g/mol. The lowest BCUT2D eigenvalue weighted by Crippen LogP contribution is -2.36. The number of halogens is 1. The number of nitrogens with one attached hydrogen (secondary N) is 2. The van der Waals surface area contributed by atoms with E-state index in [0.717, 1.165) is 0 Å². The van der Waals surface area contributed by atoms with E-state index in [9.17, 15) is 4.79 Å². The number of hydrogen-bond acceptors (Lipinski definition) is 4. The molecule has 2 aromatic rings. The SMILES string of the molecule is COc1ccc(Cl)cc1NC(=O)NC[C@@H](c1cccs1)N(C)C. The molecule has 23 heavy (non-hydrogen) atoms. The normalized spacial score (nSPS) is 12.0. The number of benzene rings is 1. The standard InChI is InChI=1S/C16H20ClN3O2S/c1-20(2)13(15-5-4-8-23-15)10-18-16(21)19-12-9-11(17)6-7-14(12)22-3/h4-9,13H,10H2,1-3H3,(H2,18,19,21)/t13-/m0/s1. The van der Waals surface area contributed by atoms with E-state index >= 15 is 0 Å². The van der Waals surface area contributed by atoms with E-state index in [2.05, 4.69) is 21.6 Å². The molecule has 0 spiro atoms. The summed E-state index contributed by atoms with van der Waals surface area (Å²) >= 11 is 7.63. The Morgan fingerprint density at radius 2 is 2.17 bits per heavy atom. The average molecular weight is 354 g/mol. The number of urea groups is 1. The van der Waals surface area contributed by atoms with Gasteiger partial charge in [0.15, 0.2) is 0 Å². The smallest absolute Gasteiger partial charge is 0.319 e. The third-order valence-electron chi connectivity index (χ3n) is 3.36. The first-order valence-corrected chi connectivity index (χ1v) is 8.35. The van der Waals surface area contributed by atoms with Crippen molar-refractivity contribution in [3.63, 3.8) is 0 Å². The quantitative estimate of drug-likeness (QED) is 0.829. The molecule has 0 radical (unpaired) electrons. The van der Waals surface area contributed by atoms with Crippen molar-refractivity contribution in [3.8, 4) is 5.75 Å². The van der Waals surface area contributed by atoms with Crippen LogP contribution in [-0.2, 0) is 0 Å². The fraction of sp³-hybridized carbons (Fsp3) is 0.312. The van der Waals surface area contributed by atoms with E-state index in [1.54, 1.807) is 36.6 Å². The van der Waals surface area contributed by atoms with Crippen molar-refractivity contribution in [2.75, 3.05) is 33.1 Å². The van der Waals surface area contributed by atoms with Gasteiger partial charge in [0, 0.05) is 16.4 Å². The molecule has 7 heteroatoms. The molecule has 1 aromatic carbocycles. The van der Waals surface area contributed by atoms with Crippen LogP contribution in [-0.4, -0.2) is 38.7 Å². The van der Waals surface area contributed by atoms with Gasteiger partial charge in [0.05, 0.1) is 18.8 Å². The summed E-state index contributed by atoms with van der Waals surface area (Å²) in [4.78, 5) is 15.4. The second-order valence-corrected chi connectivity index (χ2v) is 6.59. The molecule has 0 bridgehead atoms. The molecule has 0 saturated carbocycles. The lowest BCUT2D eigenvalue weighted by Gasteiger charge is -2.23. The third-order valence-corrected chi connectivity index (χ3v) is 4.57. The number of nitrogens with zero attached hydrogens (tertiary/aromatic N) is 1. The molecular weight excluding hydrogens is 334 g/mol. The fourth-order valence-corrected chi connectivity index (χ4v) is 3.25. The topological polar surface area (TPSA) is 53.6 Å². The number of methoxy groups -OCH3 is 1. The zero-order valence-electron chi connectivity index (χ0n) is 13.3. The summed E-state index contributed by atoms with van der Waals surface area (Å²) < 4.78 is 5.22.